The van der Waals surface area contributed by atoms with Gasteiger partial charge >= 0.3 is 0 Å². The molecule has 0 unspecified atom stereocenters. The van der Waals surface area contributed by atoms with Crippen molar-refractivity contribution < 1.29 is 4.42 Å². The molecule has 3 aromatic rings. The Morgan fingerprint density at radius 2 is 1.86 bits per heavy atom. The van der Waals surface area contributed by atoms with Gasteiger partial charge in [-0.2, -0.15) is 5.26 Å². The fraction of sp³-hybridized carbons (Fsp3) is 0. The highest BCUT2D eigenvalue weighted by Crippen LogP contribution is 2.23. The van der Waals surface area contributed by atoms with Crippen molar-refractivity contribution in [2.75, 3.05) is 5.32 Å². The number of anilines is 1. The van der Waals surface area contributed by atoms with Crippen molar-refractivity contribution >= 4 is 45.6 Å². The normalized spacial score (nSPS) is 11.4. The molecule has 22 heavy (non-hydrogen) atoms. The lowest BCUT2D eigenvalue weighted by molar-refractivity contribution is 0.586. The molecule has 0 amide bonds. The third kappa shape index (κ3) is 3.06. The molecule has 0 spiro atoms. The molecule has 0 fully saturated rings. The fourth-order valence-electron chi connectivity index (χ4n) is 1.86. The summed E-state index contributed by atoms with van der Waals surface area (Å²) in [7, 11) is 0. The van der Waals surface area contributed by atoms with E-state index in [1.807, 2.05) is 0 Å². The van der Waals surface area contributed by atoms with Crippen LogP contribution in [0.25, 0.3) is 16.7 Å². The maximum Gasteiger partial charge on any atom is 0.239 e. The first-order chi connectivity index (χ1) is 10.7. The Balaban J connectivity index is 1.90. The maximum atomic E-state index is 9.28. The summed E-state index contributed by atoms with van der Waals surface area (Å²) in [4.78, 5) is 4.27. The van der Waals surface area contributed by atoms with Gasteiger partial charge in [-0.25, -0.2) is 4.98 Å². The average molecular weight is 330 g/mol. The number of oxazole rings is 1. The van der Waals surface area contributed by atoms with Crippen molar-refractivity contribution in [3.8, 4) is 6.07 Å². The monoisotopic (exact) mass is 329 g/mol. The Labute approximate surface area is 136 Å². The zero-order valence-corrected chi connectivity index (χ0v) is 12.7. The largest absolute Gasteiger partial charge is 0.435 e. The van der Waals surface area contributed by atoms with E-state index in [-0.39, 0.29) is 11.5 Å². The van der Waals surface area contributed by atoms with Crippen LogP contribution in [0.4, 0.5) is 5.69 Å². The van der Waals surface area contributed by atoms with E-state index in [9.17, 15) is 5.26 Å². The van der Waals surface area contributed by atoms with Gasteiger partial charge in [0.05, 0.1) is 0 Å². The molecule has 1 aromatic heterocycles. The van der Waals surface area contributed by atoms with Crippen molar-refractivity contribution in [2.45, 2.75) is 0 Å². The number of benzene rings is 2. The van der Waals surface area contributed by atoms with Gasteiger partial charge < -0.3 is 9.73 Å². The third-order valence-electron chi connectivity index (χ3n) is 2.93. The molecule has 108 valence electrons. The van der Waals surface area contributed by atoms with Crippen LogP contribution in [0.3, 0.4) is 0 Å². The summed E-state index contributed by atoms with van der Waals surface area (Å²) in [6.07, 6.45) is 1.54. The first-order valence-corrected chi connectivity index (χ1v) is 7.10. The van der Waals surface area contributed by atoms with Gasteiger partial charge in [0, 0.05) is 21.9 Å². The Bertz CT molecular complexity index is 892. The Morgan fingerprint density at radius 3 is 2.59 bits per heavy atom. The van der Waals surface area contributed by atoms with Crippen molar-refractivity contribution in [2.24, 2.45) is 0 Å². The van der Waals surface area contributed by atoms with Gasteiger partial charge in [-0.1, -0.05) is 23.2 Å². The minimum absolute atomic E-state index is 0.237. The van der Waals surface area contributed by atoms with Gasteiger partial charge in [0.15, 0.2) is 5.58 Å². The highest BCUT2D eigenvalue weighted by molar-refractivity contribution is 6.31. The third-order valence-corrected chi connectivity index (χ3v) is 3.41. The number of nitrogens with one attached hydrogen (secondary N) is 1. The molecule has 1 heterocycles. The second-order valence-corrected chi connectivity index (χ2v) is 5.32. The van der Waals surface area contributed by atoms with Gasteiger partial charge in [0.1, 0.15) is 17.2 Å². The van der Waals surface area contributed by atoms with Gasteiger partial charge in [-0.3, -0.25) is 0 Å². The van der Waals surface area contributed by atoms with E-state index in [0.29, 0.717) is 21.1 Å². The lowest BCUT2D eigenvalue weighted by Crippen LogP contribution is -1.90. The predicted octanol–water partition coefficient (Wildman–Crippen LogP) is 5.11. The number of rotatable bonds is 3. The number of hydrogen-bond donors (Lipinski definition) is 1. The highest BCUT2D eigenvalue weighted by atomic mass is 35.5. The second-order valence-electron chi connectivity index (χ2n) is 4.45. The standard InChI is InChI=1S/C16H9Cl2N3O/c17-11-1-4-13(5-2-11)20-9-10(8-19)16-21-14-7-12(18)3-6-15(14)22-16/h1-7,9,20H/b10-9+. The topological polar surface area (TPSA) is 61.9 Å². The molecule has 0 saturated heterocycles. The van der Waals surface area contributed by atoms with Crippen molar-refractivity contribution in [3.63, 3.8) is 0 Å². The SMILES string of the molecule is N#C/C(=C\Nc1ccc(Cl)cc1)c1nc2cc(Cl)ccc2o1. The van der Waals surface area contributed by atoms with E-state index >= 15 is 0 Å². The van der Waals surface area contributed by atoms with E-state index in [1.165, 1.54) is 6.20 Å². The quantitative estimate of drug-likeness (QED) is 0.678. The molecular formula is C16H9Cl2N3O. The van der Waals surface area contributed by atoms with Crippen LogP contribution in [0.5, 0.6) is 0 Å². The van der Waals surface area contributed by atoms with E-state index in [1.54, 1.807) is 42.5 Å². The van der Waals surface area contributed by atoms with Crippen molar-refractivity contribution in [3.05, 3.63) is 64.6 Å². The molecule has 0 saturated carbocycles. The molecule has 4 nitrogen and oxygen atoms in total. The maximum absolute atomic E-state index is 9.28. The zero-order valence-electron chi connectivity index (χ0n) is 11.2. The van der Waals surface area contributed by atoms with Crippen LogP contribution in [0.2, 0.25) is 10.0 Å². The minimum atomic E-state index is 0.237. The lowest BCUT2D eigenvalue weighted by Gasteiger charge is -2.00. The number of nitriles is 1. The van der Waals surface area contributed by atoms with E-state index in [2.05, 4.69) is 16.4 Å². The van der Waals surface area contributed by atoms with Gasteiger partial charge in [-0.15, -0.1) is 0 Å². The molecule has 0 aliphatic rings. The van der Waals surface area contributed by atoms with Gasteiger partial charge in [0.2, 0.25) is 5.89 Å². The predicted molar refractivity (Wildman–Crippen MR) is 87.7 cm³/mol. The Hall–Kier alpha value is -2.48. The molecule has 0 bridgehead atoms. The van der Waals surface area contributed by atoms with Crippen LogP contribution >= 0.6 is 23.2 Å². The molecule has 2 aromatic carbocycles. The lowest BCUT2D eigenvalue weighted by atomic mass is 10.3. The second kappa shape index (κ2) is 6.10. The first-order valence-electron chi connectivity index (χ1n) is 6.34. The van der Waals surface area contributed by atoms with Crippen LogP contribution in [-0.4, -0.2) is 4.98 Å². The van der Waals surface area contributed by atoms with E-state index in [4.69, 9.17) is 27.6 Å². The zero-order chi connectivity index (χ0) is 15.5. The number of aromatic nitrogens is 1. The molecule has 3 rings (SSSR count). The van der Waals surface area contributed by atoms with Crippen LogP contribution in [-0.2, 0) is 0 Å². The highest BCUT2D eigenvalue weighted by Gasteiger charge is 2.10. The average Bonchev–Trinajstić information content (AvgIpc) is 2.92. The van der Waals surface area contributed by atoms with Crippen LogP contribution in [0, 0.1) is 11.3 Å². The summed E-state index contributed by atoms with van der Waals surface area (Å²) in [5, 5.41) is 13.5. The number of allylic oxidation sites excluding steroid dienone is 1. The Kier molecular flexibility index (Phi) is 4.01. The fourth-order valence-corrected chi connectivity index (χ4v) is 2.15. The summed E-state index contributed by atoms with van der Waals surface area (Å²) in [5.74, 6) is 0.237. The van der Waals surface area contributed by atoms with E-state index in [0.717, 1.165) is 5.69 Å². The van der Waals surface area contributed by atoms with Crippen molar-refractivity contribution in [1.29, 1.82) is 5.26 Å². The molecule has 1 N–H and O–H groups in total. The van der Waals surface area contributed by atoms with Crippen LogP contribution in [0.1, 0.15) is 5.89 Å². The molecule has 0 aliphatic carbocycles. The molecule has 0 aliphatic heterocycles. The van der Waals surface area contributed by atoms with Crippen LogP contribution in [0.15, 0.2) is 53.1 Å². The molecule has 0 radical (unpaired) electrons. The summed E-state index contributed by atoms with van der Waals surface area (Å²) in [5.41, 5.74) is 2.26. The summed E-state index contributed by atoms with van der Waals surface area (Å²) >= 11 is 11.7. The van der Waals surface area contributed by atoms with E-state index < -0.39 is 0 Å². The van der Waals surface area contributed by atoms with Crippen LogP contribution < -0.4 is 5.32 Å². The molecule has 0 atom stereocenters. The number of fused-ring (bicyclic) bond motifs is 1. The Morgan fingerprint density at radius 1 is 1.14 bits per heavy atom. The smallest absolute Gasteiger partial charge is 0.239 e. The molecule has 6 heteroatoms. The number of halogens is 2. The van der Waals surface area contributed by atoms with Gasteiger partial charge in [-0.05, 0) is 42.5 Å². The minimum Gasteiger partial charge on any atom is -0.435 e. The number of hydrogen-bond acceptors (Lipinski definition) is 4. The summed E-state index contributed by atoms with van der Waals surface area (Å²) in [6.45, 7) is 0. The van der Waals surface area contributed by atoms with Gasteiger partial charge in [0.25, 0.3) is 0 Å². The number of nitrogens with zero attached hydrogens (tertiary/aromatic N) is 2. The summed E-state index contributed by atoms with van der Waals surface area (Å²) < 4.78 is 5.56. The summed E-state index contributed by atoms with van der Waals surface area (Å²) in [6, 6.07) is 14.3. The van der Waals surface area contributed by atoms with Crippen molar-refractivity contribution in [1.82, 2.24) is 4.98 Å². The molecular weight excluding hydrogens is 321 g/mol. The first kappa shape index (κ1) is 14.5.